The van der Waals surface area contributed by atoms with E-state index in [2.05, 4.69) is 28.1 Å². The summed E-state index contributed by atoms with van der Waals surface area (Å²) in [5.41, 5.74) is 3.58. The van der Waals surface area contributed by atoms with E-state index in [1.807, 2.05) is 13.0 Å². The number of fused-ring (bicyclic) bond motifs is 1. The lowest BCUT2D eigenvalue weighted by molar-refractivity contribution is -0.124. The highest BCUT2D eigenvalue weighted by Crippen LogP contribution is 2.65. The van der Waals surface area contributed by atoms with E-state index >= 15 is 0 Å². The third-order valence-electron chi connectivity index (χ3n) is 9.94. The van der Waals surface area contributed by atoms with Crippen molar-refractivity contribution in [2.75, 3.05) is 11.5 Å². The van der Waals surface area contributed by atoms with E-state index < -0.39 is 18.4 Å². The van der Waals surface area contributed by atoms with Crippen LogP contribution in [0, 0.1) is 42.4 Å². The number of carbonyl (C=O) groups is 4. The van der Waals surface area contributed by atoms with Gasteiger partial charge in [0.2, 0.25) is 17.6 Å². The number of anilines is 1. The van der Waals surface area contributed by atoms with Gasteiger partial charge in [-0.15, -0.1) is 0 Å². The number of rotatable bonds is 6. The molecule has 2 amide bonds. The fourth-order valence-electron chi connectivity index (χ4n) is 7.77. The molecule has 3 fully saturated rings. The number of imide groups is 1. The van der Waals surface area contributed by atoms with E-state index in [9.17, 15) is 19.2 Å². The van der Waals surface area contributed by atoms with E-state index in [-0.39, 0.29) is 51.6 Å². The lowest BCUT2D eigenvalue weighted by Gasteiger charge is -2.37. The van der Waals surface area contributed by atoms with Gasteiger partial charge in [0.1, 0.15) is 0 Å². The highest BCUT2D eigenvalue weighted by Gasteiger charge is 2.67. The average molecular weight is 716 g/mol. The number of aryl methyl sites for hydroxylation is 1. The van der Waals surface area contributed by atoms with Gasteiger partial charge in [-0.3, -0.25) is 19.3 Å². The summed E-state index contributed by atoms with van der Waals surface area (Å²) in [6.45, 7) is 1.38. The van der Waals surface area contributed by atoms with Gasteiger partial charge in [-0.05, 0) is 91.1 Å². The minimum atomic E-state index is -0.696. The zero-order chi connectivity index (χ0) is 32.0. The van der Waals surface area contributed by atoms with Crippen molar-refractivity contribution >= 4 is 79.3 Å². The molecule has 2 bridgehead atoms. The van der Waals surface area contributed by atoms with Crippen LogP contribution in [0.2, 0.25) is 10.0 Å². The fraction of sp³-hybridized carbons (Fsp3) is 0.250. The third kappa shape index (κ3) is 4.64. The summed E-state index contributed by atoms with van der Waals surface area (Å²) in [5.74, 6) is -0.552. The molecule has 4 aromatic rings. The monoisotopic (exact) mass is 714 g/mol. The van der Waals surface area contributed by atoms with Crippen LogP contribution in [0.4, 0.5) is 5.69 Å². The van der Waals surface area contributed by atoms with Crippen molar-refractivity contribution < 1.29 is 23.9 Å². The quantitative estimate of drug-likeness (QED) is 0.0873. The number of benzene rings is 3. The number of carbonyl (C=O) groups excluding carboxylic acids is 4. The summed E-state index contributed by atoms with van der Waals surface area (Å²) in [7, 11) is 0. The first-order valence-electron chi connectivity index (χ1n) is 15.0. The molecule has 0 N–H and O–H groups in total. The molecular weight excluding hydrogens is 691 g/mol. The molecular formula is C36H25BrCl2N2O5. The molecule has 2 heterocycles. The molecule has 0 spiro atoms. The maximum absolute atomic E-state index is 13.6. The Kier molecular flexibility index (Phi) is 6.98. The molecule has 10 heteroatoms. The molecule has 230 valence electrons. The molecule has 2 saturated carbocycles. The number of esters is 1. The predicted molar refractivity (Wildman–Crippen MR) is 178 cm³/mol. The fourth-order valence-corrected chi connectivity index (χ4v) is 8.85. The van der Waals surface area contributed by atoms with Crippen molar-refractivity contribution in [2.24, 2.45) is 35.5 Å². The number of ketones is 1. The maximum atomic E-state index is 13.6. The van der Waals surface area contributed by atoms with Crippen molar-refractivity contribution in [1.29, 1.82) is 0 Å². The first kappa shape index (κ1) is 29.5. The molecule has 7 nitrogen and oxygen atoms in total. The Bertz CT molecular complexity index is 2030. The summed E-state index contributed by atoms with van der Waals surface area (Å²) < 4.78 is 6.25. The number of ether oxygens (including phenoxy) is 1. The van der Waals surface area contributed by atoms with Gasteiger partial charge >= 0.3 is 5.97 Å². The van der Waals surface area contributed by atoms with Gasteiger partial charge in [-0.2, -0.15) is 0 Å². The largest absolute Gasteiger partial charge is 0.454 e. The Balaban J connectivity index is 1.09. The van der Waals surface area contributed by atoms with Crippen LogP contribution < -0.4 is 4.90 Å². The lowest BCUT2D eigenvalue weighted by atomic mass is 9.63. The van der Waals surface area contributed by atoms with Gasteiger partial charge in [0, 0.05) is 26.0 Å². The Hall–Kier alpha value is -3.85. The van der Waals surface area contributed by atoms with Crippen LogP contribution in [-0.2, 0) is 14.3 Å². The number of aromatic nitrogens is 1. The molecule has 4 aliphatic carbocycles. The average Bonchev–Trinajstić information content (AvgIpc) is 3.82. The second-order valence-electron chi connectivity index (χ2n) is 12.5. The number of halogens is 3. The van der Waals surface area contributed by atoms with Crippen LogP contribution in [0.1, 0.15) is 32.7 Å². The molecule has 1 aliphatic heterocycles. The van der Waals surface area contributed by atoms with Crippen molar-refractivity contribution in [3.05, 3.63) is 104 Å². The Labute approximate surface area is 282 Å². The van der Waals surface area contributed by atoms with Gasteiger partial charge in [0.15, 0.2) is 6.61 Å². The van der Waals surface area contributed by atoms with E-state index in [4.69, 9.17) is 32.9 Å². The van der Waals surface area contributed by atoms with Crippen molar-refractivity contribution in [1.82, 2.24) is 4.98 Å². The first-order valence-corrected chi connectivity index (χ1v) is 16.6. The van der Waals surface area contributed by atoms with Crippen LogP contribution in [0.5, 0.6) is 0 Å². The minimum absolute atomic E-state index is 0.114. The number of hydrogen-bond donors (Lipinski definition) is 0. The number of pyridine rings is 1. The Morgan fingerprint density at radius 1 is 0.913 bits per heavy atom. The second-order valence-corrected chi connectivity index (χ2v) is 14.3. The van der Waals surface area contributed by atoms with Gasteiger partial charge < -0.3 is 4.74 Å². The summed E-state index contributed by atoms with van der Waals surface area (Å²) in [4.78, 5) is 59.7. The number of amides is 2. The molecule has 9 rings (SSSR count). The zero-order valence-electron chi connectivity index (χ0n) is 24.4. The van der Waals surface area contributed by atoms with Crippen molar-refractivity contribution in [2.45, 2.75) is 13.3 Å². The standard InChI is InChI=1S/C36H25BrCl2N2O5/c1-16-10-18(37)11-26-27(36(45)46-15-30(42)23-7-4-19(38)12-28(23)39)14-29(40-33(16)26)17-2-5-20(6-3-17)41-34(43)31-21-8-9-22(25-13-24(21)25)32(31)35(41)44/h2-12,14,21-22,24-25,31-32H,13,15H2,1H3. The summed E-state index contributed by atoms with van der Waals surface area (Å²) in [6, 6.07) is 16.9. The minimum Gasteiger partial charge on any atom is -0.454 e. The number of nitrogens with zero attached hydrogens (tertiary/aromatic N) is 2. The van der Waals surface area contributed by atoms with E-state index in [0.29, 0.717) is 44.7 Å². The summed E-state index contributed by atoms with van der Waals surface area (Å²) in [6.07, 6.45) is 5.44. The van der Waals surface area contributed by atoms with Crippen molar-refractivity contribution in [3.63, 3.8) is 0 Å². The van der Waals surface area contributed by atoms with Crippen LogP contribution in [0.25, 0.3) is 22.2 Å². The number of Topliss-reactive ketones (excluding diaryl/α,β-unsaturated/α-hetero) is 1. The molecule has 0 radical (unpaired) electrons. The molecule has 1 saturated heterocycles. The summed E-state index contributed by atoms with van der Waals surface area (Å²) in [5, 5.41) is 1.12. The SMILES string of the molecule is Cc1cc(Br)cc2c(C(=O)OCC(=O)c3ccc(Cl)cc3Cl)cc(-c3ccc(N4C(=O)C5C6C=CC(C7CC67)C5C4=O)cc3)nc12. The van der Waals surface area contributed by atoms with E-state index in [1.54, 1.807) is 42.5 Å². The lowest BCUT2D eigenvalue weighted by Crippen LogP contribution is -2.40. The zero-order valence-corrected chi connectivity index (χ0v) is 27.5. The highest BCUT2D eigenvalue weighted by atomic mass is 79.9. The summed E-state index contributed by atoms with van der Waals surface area (Å²) >= 11 is 15.6. The van der Waals surface area contributed by atoms with Gasteiger partial charge in [0.25, 0.3) is 0 Å². The number of hydrogen-bond acceptors (Lipinski definition) is 6. The molecule has 5 aliphatic rings. The highest BCUT2D eigenvalue weighted by molar-refractivity contribution is 9.10. The van der Waals surface area contributed by atoms with Gasteiger partial charge in [0.05, 0.1) is 39.3 Å². The van der Waals surface area contributed by atoms with Crippen LogP contribution in [0.3, 0.4) is 0 Å². The Morgan fingerprint density at radius 3 is 2.24 bits per heavy atom. The van der Waals surface area contributed by atoms with Crippen molar-refractivity contribution in [3.8, 4) is 11.3 Å². The maximum Gasteiger partial charge on any atom is 0.339 e. The molecule has 46 heavy (non-hydrogen) atoms. The molecule has 6 atom stereocenters. The normalized spacial score (nSPS) is 25.5. The number of allylic oxidation sites excluding steroid dienone is 2. The molecule has 1 aromatic heterocycles. The first-order chi connectivity index (χ1) is 22.1. The van der Waals surface area contributed by atoms with E-state index in [1.165, 1.54) is 17.0 Å². The Morgan fingerprint density at radius 2 is 1.59 bits per heavy atom. The molecule has 6 unspecified atom stereocenters. The van der Waals surface area contributed by atoms with Crippen LogP contribution in [0.15, 0.2) is 77.3 Å². The molecule has 3 aromatic carbocycles. The van der Waals surface area contributed by atoms with Crippen LogP contribution >= 0.6 is 39.1 Å². The predicted octanol–water partition coefficient (Wildman–Crippen LogP) is 7.88. The van der Waals surface area contributed by atoms with Gasteiger partial charge in [-0.25, -0.2) is 9.78 Å². The van der Waals surface area contributed by atoms with Crippen LogP contribution in [-0.4, -0.2) is 35.2 Å². The second kappa shape index (κ2) is 10.9. The smallest absolute Gasteiger partial charge is 0.339 e. The third-order valence-corrected chi connectivity index (χ3v) is 10.9. The van der Waals surface area contributed by atoms with E-state index in [0.717, 1.165) is 16.5 Å². The van der Waals surface area contributed by atoms with Gasteiger partial charge in [-0.1, -0.05) is 63.4 Å². The topological polar surface area (TPSA) is 93.6 Å².